The number of carbonyl (C=O) groups excluding carboxylic acids is 2. The Kier molecular flexibility index (Phi) is 21.1. The molecule has 32 heavy (non-hydrogen) atoms. The quantitative estimate of drug-likeness (QED) is 0.124. The summed E-state index contributed by atoms with van der Waals surface area (Å²) < 4.78 is 0. The molecular formula is C24H50Cl2O4Si2. The van der Waals surface area contributed by atoms with E-state index >= 15 is 0 Å². The first-order valence-corrected chi connectivity index (χ1v) is 19.5. The third-order valence-corrected chi connectivity index (χ3v) is 16.5. The summed E-state index contributed by atoms with van der Waals surface area (Å²) in [6.45, 7) is 13.4. The van der Waals surface area contributed by atoms with E-state index < -0.39 is 16.1 Å². The molecule has 0 aliphatic carbocycles. The highest BCUT2D eigenvalue weighted by molar-refractivity contribution is 6.79. The van der Waals surface area contributed by atoms with Gasteiger partial charge in [0, 0.05) is 36.8 Å². The van der Waals surface area contributed by atoms with Crippen molar-refractivity contribution in [3.05, 3.63) is 0 Å². The van der Waals surface area contributed by atoms with E-state index in [2.05, 4.69) is 26.9 Å². The highest BCUT2D eigenvalue weighted by Gasteiger charge is 2.31. The van der Waals surface area contributed by atoms with E-state index in [4.69, 9.17) is 33.4 Å². The molecule has 0 aromatic carbocycles. The second-order valence-corrected chi connectivity index (χ2v) is 21.5. The molecule has 0 bridgehead atoms. The number of hydrogen-bond acceptors (Lipinski definition) is 4. The first-order chi connectivity index (χ1) is 14.9. The summed E-state index contributed by atoms with van der Waals surface area (Å²) >= 11 is 11.5. The van der Waals surface area contributed by atoms with Crippen molar-refractivity contribution in [1.82, 2.24) is 0 Å². The topological polar surface area (TPSA) is 74.6 Å². The SMILES string of the molecule is CC(C=O)C[Si](C)(CCCCl)CC(C)C=O.CC(CO)C[Si](C)(CCCCl)CC(C)CO. The summed E-state index contributed by atoms with van der Waals surface area (Å²) in [4.78, 5) is 21.5. The lowest BCUT2D eigenvalue weighted by atomic mass is 10.2. The Bertz CT molecular complexity index is 455. The molecule has 4 nitrogen and oxygen atoms in total. The van der Waals surface area contributed by atoms with Crippen molar-refractivity contribution in [2.24, 2.45) is 23.7 Å². The Balaban J connectivity index is 0. The van der Waals surface area contributed by atoms with Crippen LogP contribution in [0.5, 0.6) is 0 Å². The predicted molar refractivity (Wildman–Crippen MR) is 146 cm³/mol. The van der Waals surface area contributed by atoms with Crippen molar-refractivity contribution in [3.63, 3.8) is 0 Å². The fourth-order valence-electron chi connectivity index (χ4n) is 5.02. The van der Waals surface area contributed by atoms with Crippen LogP contribution >= 0.6 is 23.2 Å². The number of aldehydes is 2. The predicted octanol–water partition coefficient (Wildman–Crippen LogP) is 6.31. The van der Waals surface area contributed by atoms with Gasteiger partial charge in [-0.05, 0) is 36.8 Å². The zero-order valence-electron chi connectivity index (χ0n) is 21.4. The summed E-state index contributed by atoms with van der Waals surface area (Å²) in [5.74, 6) is 2.41. The normalized spacial score (nSPS) is 18.8. The van der Waals surface area contributed by atoms with Crippen LogP contribution in [0.15, 0.2) is 0 Å². The molecule has 0 aromatic heterocycles. The van der Waals surface area contributed by atoms with Crippen LogP contribution in [0.25, 0.3) is 0 Å². The lowest BCUT2D eigenvalue weighted by Crippen LogP contribution is -2.35. The summed E-state index contributed by atoms with van der Waals surface area (Å²) in [6, 6.07) is 6.57. The molecule has 0 spiro atoms. The average Bonchev–Trinajstić information content (AvgIpc) is 2.76. The van der Waals surface area contributed by atoms with Crippen LogP contribution in [-0.2, 0) is 9.59 Å². The third kappa shape index (κ3) is 17.7. The fraction of sp³-hybridized carbons (Fsp3) is 0.917. The molecule has 0 rings (SSSR count). The molecule has 0 fully saturated rings. The van der Waals surface area contributed by atoms with Gasteiger partial charge in [0.2, 0.25) is 0 Å². The van der Waals surface area contributed by atoms with Crippen molar-refractivity contribution >= 4 is 51.9 Å². The first kappa shape index (κ1) is 34.4. The van der Waals surface area contributed by atoms with Gasteiger partial charge >= 0.3 is 0 Å². The van der Waals surface area contributed by atoms with E-state index in [0.717, 1.165) is 61.5 Å². The van der Waals surface area contributed by atoms with Crippen LogP contribution in [0.3, 0.4) is 0 Å². The molecule has 4 unspecified atom stereocenters. The van der Waals surface area contributed by atoms with Crippen molar-refractivity contribution in [3.8, 4) is 0 Å². The van der Waals surface area contributed by atoms with Gasteiger partial charge in [0.1, 0.15) is 12.6 Å². The summed E-state index contributed by atoms with van der Waals surface area (Å²) in [7, 11) is -2.83. The average molecular weight is 530 g/mol. The minimum Gasteiger partial charge on any atom is -0.396 e. The second kappa shape index (κ2) is 19.6. The van der Waals surface area contributed by atoms with Crippen molar-refractivity contribution in [2.45, 2.75) is 89.9 Å². The van der Waals surface area contributed by atoms with Crippen molar-refractivity contribution < 1.29 is 19.8 Å². The number of hydrogen-bond donors (Lipinski definition) is 2. The minimum absolute atomic E-state index is 0.117. The van der Waals surface area contributed by atoms with Gasteiger partial charge in [-0.25, -0.2) is 0 Å². The number of carbonyl (C=O) groups is 2. The maximum absolute atomic E-state index is 10.7. The lowest BCUT2D eigenvalue weighted by Gasteiger charge is -2.32. The van der Waals surface area contributed by atoms with Crippen LogP contribution in [0, 0.1) is 23.7 Å². The van der Waals surface area contributed by atoms with Crippen molar-refractivity contribution in [1.29, 1.82) is 0 Å². The molecule has 0 aromatic rings. The fourth-order valence-corrected chi connectivity index (χ4v) is 15.9. The van der Waals surface area contributed by atoms with Crippen molar-refractivity contribution in [2.75, 3.05) is 25.0 Å². The highest BCUT2D eigenvalue weighted by atomic mass is 35.5. The lowest BCUT2D eigenvalue weighted by molar-refractivity contribution is -0.110. The number of alkyl halides is 2. The van der Waals surface area contributed by atoms with Gasteiger partial charge in [0.15, 0.2) is 0 Å². The molecule has 0 amide bonds. The van der Waals surface area contributed by atoms with E-state index in [1.54, 1.807) is 0 Å². The van der Waals surface area contributed by atoms with Crippen LogP contribution in [0.1, 0.15) is 40.5 Å². The molecule has 0 saturated heterocycles. The van der Waals surface area contributed by atoms with Gasteiger partial charge in [0.05, 0.1) is 16.1 Å². The monoisotopic (exact) mass is 528 g/mol. The Labute approximate surface area is 209 Å². The summed E-state index contributed by atoms with van der Waals surface area (Å²) in [5, 5.41) is 18.3. The van der Waals surface area contributed by atoms with Gasteiger partial charge in [0.25, 0.3) is 0 Å². The molecule has 2 N–H and O–H groups in total. The summed E-state index contributed by atoms with van der Waals surface area (Å²) in [6.07, 6.45) is 4.12. The zero-order valence-corrected chi connectivity index (χ0v) is 24.9. The van der Waals surface area contributed by atoms with Crippen LogP contribution in [-0.4, -0.2) is 63.9 Å². The Morgan fingerprint density at radius 3 is 1.25 bits per heavy atom. The van der Waals surface area contributed by atoms with E-state index in [-0.39, 0.29) is 25.0 Å². The second-order valence-electron chi connectivity index (χ2n) is 10.8. The Morgan fingerprint density at radius 2 is 1.00 bits per heavy atom. The molecule has 192 valence electrons. The van der Waals surface area contributed by atoms with Gasteiger partial charge in [-0.1, -0.05) is 65.0 Å². The first-order valence-electron chi connectivity index (χ1n) is 12.2. The Morgan fingerprint density at radius 1 is 0.688 bits per heavy atom. The van der Waals surface area contributed by atoms with Gasteiger partial charge in [-0.2, -0.15) is 0 Å². The standard InChI is InChI=1S/C12H27ClO2Si.C12H23ClO2Si/c2*1-11(7-14)9-16(3,6-4-5-13)10-12(2)8-15/h11-12,14-15H,4-10H2,1-3H3;7-8,11-12H,4-6,9-10H2,1-3H3. The largest absolute Gasteiger partial charge is 0.396 e. The van der Waals surface area contributed by atoms with E-state index in [0.29, 0.717) is 17.7 Å². The van der Waals surface area contributed by atoms with Crippen LogP contribution < -0.4 is 0 Å². The number of halogens is 2. The van der Waals surface area contributed by atoms with Crippen LogP contribution in [0.4, 0.5) is 0 Å². The van der Waals surface area contributed by atoms with E-state index in [1.165, 1.54) is 6.04 Å². The third-order valence-electron chi connectivity index (χ3n) is 6.23. The molecule has 0 aliphatic rings. The zero-order chi connectivity index (χ0) is 25.2. The van der Waals surface area contributed by atoms with E-state index in [9.17, 15) is 9.59 Å². The molecule has 4 atom stereocenters. The maximum atomic E-state index is 10.7. The Hall–Kier alpha value is 0.274. The maximum Gasteiger partial charge on any atom is 0.122 e. The van der Waals surface area contributed by atoms with Gasteiger partial charge < -0.3 is 19.8 Å². The van der Waals surface area contributed by atoms with Gasteiger partial charge in [-0.15, -0.1) is 23.2 Å². The number of aliphatic hydroxyl groups is 2. The summed E-state index contributed by atoms with van der Waals surface area (Å²) in [5.41, 5.74) is 0. The van der Waals surface area contributed by atoms with E-state index in [1.807, 2.05) is 13.8 Å². The molecule has 0 saturated carbocycles. The minimum atomic E-state index is -1.49. The molecular weight excluding hydrogens is 479 g/mol. The number of rotatable bonds is 18. The van der Waals surface area contributed by atoms with Gasteiger partial charge in [-0.3, -0.25) is 0 Å². The smallest absolute Gasteiger partial charge is 0.122 e. The molecule has 0 radical (unpaired) electrons. The molecule has 0 aliphatic heterocycles. The molecule has 0 heterocycles. The molecule has 8 heteroatoms. The van der Waals surface area contributed by atoms with Crippen LogP contribution in [0.2, 0.25) is 49.4 Å². The number of aliphatic hydroxyl groups excluding tert-OH is 2. The highest BCUT2D eigenvalue weighted by Crippen LogP contribution is 2.31.